The molecule has 0 aliphatic carbocycles. The number of amides is 1. The Bertz CT molecular complexity index is 1570. The van der Waals surface area contributed by atoms with Gasteiger partial charge in [-0.15, -0.1) is 0 Å². The maximum absolute atomic E-state index is 13.8. The Hall–Kier alpha value is -3.61. The van der Waals surface area contributed by atoms with Gasteiger partial charge in [0.05, 0.1) is 29.7 Å². The molecule has 3 aromatic carbocycles. The Morgan fingerprint density at radius 3 is 2.02 bits per heavy atom. The van der Waals surface area contributed by atoms with Gasteiger partial charge in [-0.25, -0.2) is 16.8 Å². The van der Waals surface area contributed by atoms with Crippen molar-refractivity contribution in [2.45, 2.75) is 42.4 Å². The minimum absolute atomic E-state index is 0.0110. The van der Waals surface area contributed by atoms with Crippen LogP contribution in [-0.2, 0) is 24.8 Å². The molecule has 1 aliphatic rings. The lowest BCUT2D eigenvalue weighted by Gasteiger charge is -2.26. The predicted octanol–water partition coefficient (Wildman–Crippen LogP) is 4.41. The molecule has 0 saturated carbocycles. The lowest BCUT2D eigenvalue weighted by Crippen LogP contribution is -2.38. The number of anilines is 2. The first-order valence-corrected chi connectivity index (χ1v) is 16.2. The number of methoxy groups -OCH3 is 2. The zero-order chi connectivity index (χ0) is 29.6. The highest BCUT2D eigenvalue weighted by molar-refractivity contribution is 7.93. The van der Waals surface area contributed by atoms with E-state index in [9.17, 15) is 21.6 Å². The number of carbonyl (C=O) groups is 1. The molecule has 0 aromatic heterocycles. The third-order valence-electron chi connectivity index (χ3n) is 6.89. The summed E-state index contributed by atoms with van der Waals surface area (Å²) in [4.78, 5) is 13.4. The molecule has 220 valence electrons. The third kappa shape index (κ3) is 7.00. The second-order valence-electron chi connectivity index (χ2n) is 9.75. The molecule has 41 heavy (non-hydrogen) atoms. The van der Waals surface area contributed by atoms with Gasteiger partial charge < -0.3 is 14.8 Å². The summed E-state index contributed by atoms with van der Waals surface area (Å²) in [6.07, 6.45) is 3.68. The van der Waals surface area contributed by atoms with Crippen molar-refractivity contribution in [2.24, 2.45) is 0 Å². The molecule has 0 unspecified atom stereocenters. The molecular formula is C29H35N3O7S2. The quantitative estimate of drug-likeness (QED) is 0.365. The third-order valence-corrected chi connectivity index (χ3v) is 10.6. The maximum atomic E-state index is 13.8. The monoisotopic (exact) mass is 601 g/mol. The van der Waals surface area contributed by atoms with Crippen molar-refractivity contribution in [1.82, 2.24) is 4.31 Å². The molecule has 1 amide bonds. The Morgan fingerprint density at radius 2 is 1.44 bits per heavy atom. The van der Waals surface area contributed by atoms with Crippen molar-refractivity contribution >= 4 is 37.3 Å². The molecule has 0 spiro atoms. The first-order chi connectivity index (χ1) is 19.6. The summed E-state index contributed by atoms with van der Waals surface area (Å²) >= 11 is 0. The number of hydrogen-bond donors (Lipinski definition) is 1. The first kappa shape index (κ1) is 30.4. The van der Waals surface area contributed by atoms with Gasteiger partial charge in [0.25, 0.3) is 10.0 Å². The number of carbonyl (C=O) groups excluding carboxylic acids is 1. The van der Waals surface area contributed by atoms with Crippen LogP contribution in [0.25, 0.3) is 0 Å². The van der Waals surface area contributed by atoms with Gasteiger partial charge in [-0.2, -0.15) is 4.31 Å². The molecule has 0 bridgehead atoms. The van der Waals surface area contributed by atoms with Gasteiger partial charge in [0.15, 0.2) is 0 Å². The number of nitrogens with one attached hydrogen (secondary N) is 1. The fraction of sp³-hybridized carbons (Fsp3) is 0.345. The number of rotatable bonds is 10. The van der Waals surface area contributed by atoms with Crippen LogP contribution in [0, 0.1) is 6.92 Å². The van der Waals surface area contributed by atoms with E-state index in [1.807, 2.05) is 6.92 Å². The number of sulfonamides is 2. The van der Waals surface area contributed by atoms with Gasteiger partial charge in [-0.3, -0.25) is 9.10 Å². The normalized spacial score (nSPS) is 14.6. The number of ether oxygens (including phenoxy) is 2. The van der Waals surface area contributed by atoms with Crippen molar-refractivity contribution in [2.75, 3.05) is 43.5 Å². The summed E-state index contributed by atoms with van der Waals surface area (Å²) in [6.45, 7) is 2.26. The molecule has 0 radical (unpaired) electrons. The predicted molar refractivity (Wildman–Crippen MR) is 158 cm³/mol. The Balaban J connectivity index is 1.59. The highest BCUT2D eigenvalue weighted by Gasteiger charge is 2.30. The fourth-order valence-electron chi connectivity index (χ4n) is 4.60. The first-order valence-electron chi connectivity index (χ1n) is 13.3. The van der Waals surface area contributed by atoms with Gasteiger partial charge in [0.2, 0.25) is 15.9 Å². The van der Waals surface area contributed by atoms with E-state index in [0.717, 1.165) is 35.6 Å². The van der Waals surface area contributed by atoms with Crippen LogP contribution in [0.3, 0.4) is 0 Å². The minimum atomic E-state index is -4.19. The molecule has 12 heteroatoms. The Kier molecular flexibility index (Phi) is 9.57. The highest BCUT2D eigenvalue weighted by atomic mass is 32.2. The lowest BCUT2D eigenvalue weighted by molar-refractivity contribution is -0.114. The number of nitrogens with zero attached hydrogens (tertiary/aromatic N) is 2. The van der Waals surface area contributed by atoms with Crippen molar-refractivity contribution < 1.29 is 31.1 Å². The molecule has 1 saturated heterocycles. The van der Waals surface area contributed by atoms with Crippen LogP contribution >= 0.6 is 0 Å². The van der Waals surface area contributed by atoms with Crippen molar-refractivity contribution in [3.05, 3.63) is 72.3 Å². The molecule has 3 aromatic rings. The van der Waals surface area contributed by atoms with Crippen LogP contribution in [0.4, 0.5) is 11.4 Å². The van der Waals surface area contributed by atoms with Crippen molar-refractivity contribution in [1.29, 1.82) is 0 Å². The largest absolute Gasteiger partial charge is 0.497 e. The summed E-state index contributed by atoms with van der Waals surface area (Å²) < 4.78 is 66.9. The molecule has 0 atom stereocenters. The molecule has 4 rings (SSSR count). The van der Waals surface area contributed by atoms with Gasteiger partial charge in [0.1, 0.15) is 18.0 Å². The zero-order valence-corrected chi connectivity index (χ0v) is 25.0. The Labute approximate surface area is 242 Å². The summed E-state index contributed by atoms with van der Waals surface area (Å²) in [5.41, 5.74) is 1.37. The minimum Gasteiger partial charge on any atom is -0.497 e. The van der Waals surface area contributed by atoms with Crippen molar-refractivity contribution in [3.8, 4) is 11.5 Å². The van der Waals surface area contributed by atoms with E-state index in [0.29, 0.717) is 24.5 Å². The van der Waals surface area contributed by atoms with E-state index < -0.39 is 32.5 Å². The van der Waals surface area contributed by atoms with Crippen molar-refractivity contribution in [3.63, 3.8) is 0 Å². The average Bonchev–Trinajstić information content (AvgIpc) is 3.27. The van der Waals surface area contributed by atoms with Gasteiger partial charge in [-0.1, -0.05) is 30.5 Å². The highest BCUT2D eigenvalue weighted by Crippen LogP contribution is 2.35. The van der Waals surface area contributed by atoms with Crippen LogP contribution in [0.2, 0.25) is 0 Å². The average molecular weight is 602 g/mol. The second-order valence-corrected chi connectivity index (χ2v) is 13.6. The maximum Gasteiger partial charge on any atom is 0.264 e. The van der Waals surface area contributed by atoms with E-state index in [1.165, 1.54) is 67.1 Å². The van der Waals surface area contributed by atoms with E-state index in [-0.39, 0.29) is 21.2 Å². The molecule has 1 N–H and O–H groups in total. The van der Waals surface area contributed by atoms with Crippen LogP contribution in [0.5, 0.6) is 11.5 Å². The number of benzene rings is 3. The molecule has 10 nitrogen and oxygen atoms in total. The fourth-order valence-corrected chi connectivity index (χ4v) is 7.55. The molecule has 1 fully saturated rings. The summed E-state index contributed by atoms with van der Waals surface area (Å²) in [5, 5.41) is 2.68. The summed E-state index contributed by atoms with van der Waals surface area (Å²) in [5.74, 6) is 0.0375. The smallest absolute Gasteiger partial charge is 0.264 e. The van der Waals surface area contributed by atoms with E-state index in [4.69, 9.17) is 9.47 Å². The van der Waals surface area contributed by atoms with E-state index in [2.05, 4.69) is 5.32 Å². The molecular weight excluding hydrogens is 566 g/mol. The van der Waals surface area contributed by atoms with Crippen LogP contribution in [0.1, 0.15) is 31.2 Å². The van der Waals surface area contributed by atoms with E-state index in [1.54, 1.807) is 18.2 Å². The van der Waals surface area contributed by atoms with Gasteiger partial charge in [-0.05, 0) is 68.3 Å². The van der Waals surface area contributed by atoms with E-state index >= 15 is 0 Å². The van der Waals surface area contributed by atoms with Crippen LogP contribution < -0.4 is 19.1 Å². The SMILES string of the molecule is COc1ccc(N(CC(=O)Nc2ccc(S(=O)(=O)N3CCCCCC3)cc2)S(=O)(=O)c2ccc(C)cc2)c(OC)c1. The lowest BCUT2D eigenvalue weighted by atomic mass is 10.2. The van der Waals surface area contributed by atoms with Crippen LogP contribution in [0.15, 0.2) is 76.5 Å². The topological polar surface area (TPSA) is 122 Å². The standard InChI is InChI=1S/C29H35N3O7S2/c1-22-8-13-26(14-9-22)41(36,37)32(27-17-12-24(38-2)20-28(27)39-3)21-29(33)30-23-10-15-25(16-11-23)40(34,35)31-18-6-4-5-7-19-31/h8-17,20H,4-7,18-19,21H2,1-3H3,(H,30,33). The second kappa shape index (κ2) is 12.9. The molecule has 1 aliphatic heterocycles. The number of aryl methyl sites for hydroxylation is 1. The Morgan fingerprint density at radius 1 is 0.829 bits per heavy atom. The summed E-state index contributed by atoms with van der Waals surface area (Å²) in [6, 6.07) is 16.8. The van der Waals surface area contributed by atoms with Gasteiger partial charge in [0, 0.05) is 24.8 Å². The summed E-state index contributed by atoms with van der Waals surface area (Å²) in [7, 11) is -4.95. The van der Waals surface area contributed by atoms with Crippen LogP contribution in [-0.4, -0.2) is 60.9 Å². The zero-order valence-electron chi connectivity index (χ0n) is 23.4. The molecule has 1 heterocycles. The number of hydrogen-bond acceptors (Lipinski definition) is 7. The van der Waals surface area contributed by atoms with Gasteiger partial charge >= 0.3 is 0 Å².